The fourth-order valence-electron chi connectivity index (χ4n) is 3.87. The highest BCUT2D eigenvalue weighted by Crippen LogP contribution is 2.37. The molecule has 0 aromatic heterocycles. The first-order valence-electron chi connectivity index (χ1n) is 11.0. The van der Waals surface area contributed by atoms with Crippen molar-refractivity contribution in [2.75, 3.05) is 33.2 Å². The van der Waals surface area contributed by atoms with Crippen molar-refractivity contribution in [2.24, 2.45) is 10.8 Å². The van der Waals surface area contributed by atoms with Gasteiger partial charge in [-0.25, -0.2) is 0 Å². The summed E-state index contributed by atoms with van der Waals surface area (Å²) in [5.74, 6) is -0.277. The third kappa shape index (κ3) is 9.16. The quantitative estimate of drug-likeness (QED) is 0.528. The minimum Gasteiger partial charge on any atom is -0.460 e. The van der Waals surface area contributed by atoms with Crippen LogP contribution in [0.2, 0.25) is 0 Å². The molecule has 0 aliphatic carbocycles. The van der Waals surface area contributed by atoms with Gasteiger partial charge in [-0.05, 0) is 48.6 Å². The molecule has 2 aliphatic rings. The third-order valence-electron chi connectivity index (χ3n) is 5.55. The van der Waals surface area contributed by atoms with Crippen LogP contribution in [0.15, 0.2) is 24.3 Å². The molecular weight excluding hydrogens is 392 g/mol. The van der Waals surface area contributed by atoms with E-state index in [4.69, 9.17) is 9.47 Å². The molecule has 0 aromatic carbocycles. The summed E-state index contributed by atoms with van der Waals surface area (Å²) in [6.45, 7) is 26.9. The normalized spacial score (nSPS) is 27.0. The Morgan fingerprint density at radius 1 is 0.935 bits per heavy atom. The number of hydrogen-bond donors (Lipinski definition) is 1. The lowest BCUT2D eigenvalue weighted by Crippen LogP contribution is -2.30. The van der Waals surface area contributed by atoms with Crippen molar-refractivity contribution in [3.63, 3.8) is 0 Å². The molecular formula is C25H44N2O4. The number of likely N-dealkylation sites (N-methyl/N-ethyl adjacent to an activating group) is 1. The summed E-state index contributed by atoms with van der Waals surface area (Å²) >= 11 is 0. The van der Waals surface area contributed by atoms with Crippen molar-refractivity contribution in [3.05, 3.63) is 24.3 Å². The van der Waals surface area contributed by atoms with Crippen LogP contribution in [0.3, 0.4) is 0 Å². The maximum atomic E-state index is 11.8. The minimum atomic E-state index is -0.403. The maximum absolute atomic E-state index is 11.8. The summed E-state index contributed by atoms with van der Waals surface area (Å²) in [6, 6.07) is 0. The monoisotopic (exact) mass is 436 g/mol. The van der Waals surface area contributed by atoms with Crippen molar-refractivity contribution in [1.82, 2.24) is 10.2 Å². The predicted molar refractivity (Wildman–Crippen MR) is 126 cm³/mol. The van der Waals surface area contributed by atoms with Gasteiger partial charge in [-0.2, -0.15) is 0 Å². The lowest BCUT2D eigenvalue weighted by Gasteiger charge is -2.27. The van der Waals surface area contributed by atoms with E-state index in [-0.39, 0.29) is 22.8 Å². The molecule has 2 rings (SSSR count). The SMILES string of the molecule is C=C1CN(C)C[C@@]1(C)CC(=O)OC(C)(C)C.C=C1CNC[C@@]1(C)CC(=O)OC(C)(C)C. The lowest BCUT2D eigenvalue weighted by molar-refractivity contribution is -0.158. The van der Waals surface area contributed by atoms with Gasteiger partial charge in [0, 0.05) is 37.0 Å². The van der Waals surface area contributed by atoms with Gasteiger partial charge in [0.2, 0.25) is 0 Å². The number of rotatable bonds is 4. The first-order chi connectivity index (χ1) is 13.9. The molecule has 2 heterocycles. The van der Waals surface area contributed by atoms with Crippen LogP contribution in [-0.4, -0.2) is 61.3 Å². The van der Waals surface area contributed by atoms with Crippen LogP contribution in [-0.2, 0) is 19.1 Å². The fraction of sp³-hybridized carbons (Fsp3) is 0.760. The van der Waals surface area contributed by atoms with Crippen molar-refractivity contribution in [1.29, 1.82) is 0 Å². The van der Waals surface area contributed by atoms with E-state index in [0.29, 0.717) is 12.8 Å². The Balaban J connectivity index is 0.000000311. The first kappa shape index (κ1) is 27.4. The second kappa shape index (κ2) is 9.86. The highest BCUT2D eigenvalue weighted by Gasteiger charge is 2.38. The Hall–Kier alpha value is -1.66. The molecule has 6 nitrogen and oxygen atoms in total. The van der Waals surface area contributed by atoms with Crippen LogP contribution in [0.4, 0.5) is 0 Å². The van der Waals surface area contributed by atoms with Gasteiger partial charge in [-0.1, -0.05) is 38.2 Å². The van der Waals surface area contributed by atoms with Crippen molar-refractivity contribution >= 4 is 11.9 Å². The number of carbonyl (C=O) groups is 2. The van der Waals surface area contributed by atoms with Gasteiger partial charge in [0.15, 0.2) is 0 Å². The van der Waals surface area contributed by atoms with Gasteiger partial charge in [0.05, 0.1) is 12.8 Å². The highest BCUT2D eigenvalue weighted by molar-refractivity contribution is 5.72. The van der Waals surface area contributed by atoms with Crippen LogP contribution < -0.4 is 5.32 Å². The van der Waals surface area contributed by atoms with Gasteiger partial charge in [0.1, 0.15) is 11.2 Å². The van der Waals surface area contributed by atoms with Crippen LogP contribution in [0, 0.1) is 10.8 Å². The van der Waals surface area contributed by atoms with Crippen molar-refractivity contribution in [3.8, 4) is 0 Å². The molecule has 2 fully saturated rings. The Bertz CT molecular complexity index is 701. The van der Waals surface area contributed by atoms with Crippen LogP contribution in [0.25, 0.3) is 0 Å². The van der Waals surface area contributed by atoms with Crippen LogP contribution >= 0.6 is 0 Å². The van der Waals surface area contributed by atoms with Crippen LogP contribution in [0.1, 0.15) is 68.2 Å². The molecule has 178 valence electrons. The smallest absolute Gasteiger partial charge is 0.307 e. The van der Waals surface area contributed by atoms with Gasteiger partial charge in [-0.3, -0.25) is 9.59 Å². The van der Waals surface area contributed by atoms with E-state index >= 15 is 0 Å². The molecule has 0 aromatic rings. The molecule has 6 heteroatoms. The standard InChI is InChI=1S/C13H23NO2.C12H21NO2/c1-10-8-14(6)9-13(10,5)7-11(15)16-12(2,3)4;1-9-7-13-8-12(9,5)6-10(14)15-11(2,3)4/h1,7-9H2,2-6H3;13H,1,6-8H2,2-5H3/t13-;12-/m11/s1. The Morgan fingerprint density at radius 3 is 1.71 bits per heavy atom. The summed E-state index contributed by atoms with van der Waals surface area (Å²) in [5, 5.41) is 3.22. The zero-order valence-electron chi connectivity index (χ0n) is 21.2. The highest BCUT2D eigenvalue weighted by atomic mass is 16.6. The number of esters is 2. The summed E-state index contributed by atoms with van der Waals surface area (Å²) in [6.07, 6.45) is 0.837. The number of nitrogens with one attached hydrogen (secondary N) is 1. The number of hydrogen-bond acceptors (Lipinski definition) is 6. The Labute approximate surface area is 189 Å². The molecule has 0 amide bonds. The van der Waals surface area contributed by atoms with E-state index in [9.17, 15) is 9.59 Å². The third-order valence-corrected chi connectivity index (χ3v) is 5.55. The summed E-state index contributed by atoms with van der Waals surface area (Å²) in [4.78, 5) is 25.7. The van der Waals surface area contributed by atoms with E-state index in [2.05, 4.69) is 37.2 Å². The summed E-state index contributed by atoms with van der Waals surface area (Å²) in [5.41, 5.74) is 1.15. The average Bonchev–Trinajstić information content (AvgIpc) is 2.94. The summed E-state index contributed by atoms with van der Waals surface area (Å²) < 4.78 is 10.7. The molecule has 0 spiro atoms. The summed E-state index contributed by atoms with van der Waals surface area (Å²) in [7, 11) is 2.05. The predicted octanol–water partition coefficient (Wildman–Crippen LogP) is 4.11. The molecule has 2 aliphatic heterocycles. The van der Waals surface area contributed by atoms with E-state index < -0.39 is 11.2 Å². The zero-order chi connectivity index (χ0) is 24.3. The van der Waals surface area contributed by atoms with Crippen LogP contribution in [0.5, 0.6) is 0 Å². The molecule has 31 heavy (non-hydrogen) atoms. The second-order valence-electron chi connectivity index (χ2n) is 11.6. The Morgan fingerprint density at radius 2 is 1.39 bits per heavy atom. The average molecular weight is 437 g/mol. The van der Waals surface area contributed by atoms with Crippen molar-refractivity contribution in [2.45, 2.75) is 79.4 Å². The number of ether oxygens (including phenoxy) is 2. The molecule has 1 N–H and O–H groups in total. The van der Waals surface area contributed by atoms with Gasteiger partial charge in [-0.15, -0.1) is 0 Å². The largest absolute Gasteiger partial charge is 0.460 e. The van der Waals surface area contributed by atoms with Gasteiger partial charge < -0.3 is 19.7 Å². The number of likely N-dealkylation sites (tertiary alicyclic amines) is 1. The molecule has 2 atom stereocenters. The van der Waals surface area contributed by atoms with Gasteiger partial charge in [0.25, 0.3) is 0 Å². The van der Waals surface area contributed by atoms with E-state index in [1.807, 2.05) is 48.6 Å². The molecule has 2 saturated heterocycles. The molecule has 0 radical (unpaired) electrons. The Kier molecular flexibility index (Phi) is 8.71. The van der Waals surface area contributed by atoms with E-state index in [1.54, 1.807) is 0 Å². The second-order valence-corrected chi connectivity index (χ2v) is 11.6. The fourth-order valence-corrected chi connectivity index (χ4v) is 3.87. The molecule has 0 bridgehead atoms. The maximum Gasteiger partial charge on any atom is 0.307 e. The van der Waals surface area contributed by atoms with E-state index in [1.165, 1.54) is 0 Å². The van der Waals surface area contributed by atoms with Crippen molar-refractivity contribution < 1.29 is 19.1 Å². The first-order valence-corrected chi connectivity index (χ1v) is 11.0. The van der Waals surface area contributed by atoms with E-state index in [0.717, 1.165) is 37.3 Å². The number of nitrogens with zero attached hydrogens (tertiary/aromatic N) is 1. The topological polar surface area (TPSA) is 67.9 Å². The number of carbonyl (C=O) groups excluding carboxylic acids is 2. The zero-order valence-corrected chi connectivity index (χ0v) is 21.2. The lowest BCUT2D eigenvalue weighted by atomic mass is 9.82. The minimum absolute atomic E-state index is 0.128. The van der Waals surface area contributed by atoms with Gasteiger partial charge >= 0.3 is 11.9 Å². The molecule has 0 unspecified atom stereocenters. The molecule has 0 saturated carbocycles.